The van der Waals surface area contributed by atoms with E-state index < -0.39 is 0 Å². The van der Waals surface area contributed by atoms with Gasteiger partial charge in [-0.15, -0.1) is 0 Å². The molecule has 0 saturated heterocycles. The summed E-state index contributed by atoms with van der Waals surface area (Å²) in [7, 11) is 0. The molecule has 0 heterocycles. The molecule has 25 heavy (non-hydrogen) atoms. The van der Waals surface area contributed by atoms with Crippen LogP contribution in [0.1, 0.15) is 92.4 Å². The Labute approximate surface area is 157 Å². The number of rotatable bonds is 15. The molecule has 2 heteroatoms. The summed E-state index contributed by atoms with van der Waals surface area (Å²) < 4.78 is 4.97. The molecule has 0 aliphatic rings. The highest BCUT2D eigenvalue weighted by Crippen LogP contribution is 2.22. The van der Waals surface area contributed by atoms with E-state index in [2.05, 4.69) is 41.2 Å². The predicted octanol–water partition coefficient (Wildman–Crippen LogP) is 7.10. The maximum atomic E-state index is 11.0. The van der Waals surface area contributed by atoms with E-state index in [9.17, 15) is 4.79 Å². The zero-order chi connectivity index (χ0) is 19.1. The van der Waals surface area contributed by atoms with Gasteiger partial charge < -0.3 is 4.74 Å². The lowest BCUT2D eigenvalue weighted by Gasteiger charge is -2.15. The first-order chi connectivity index (χ1) is 11.8. The Hall–Kier alpha value is -1.05. The fraction of sp³-hybridized carbons (Fsp3) is 0.783. The summed E-state index contributed by atoms with van der Waals surface area (Å²) in [6.07, 6.45) is 15.1. The summed E-state index contributed by atoms with van der Waals surface area (Å²) in [4.78, 5) is 11.0. The van der Waals surface area contributed by atoms with E-state index in [1.807, 2.05) is 6.08 Å². The standard InChI is InChI=1S/C23H42O2/c1-7-23(24)25-18-17-22(6)16-10-15-21(5)14-9-13-20(4)12-8-11-19(2)3/h7,17,19-21H,1,8-16,18H2,2-6H3/b22-17+. The molecule has 0 radical (unpaired) electrons. The Kier molecular flexibility index (Phi) is 14.6. The highest BCUT2D eigenvalue weighted by Gasteiger charge is 2.06. The van der Waals surface area contributed by atoms with E-state index in [4.69, 9.17) is 4.74 Å². The summed E-state index contributed by atoms with van der Waals surface area (Å²) in [6, 6.07) is 0. The van der Waals surface area contributed by atoms with Gasteiger partial charge in [0.1, 0.15) is 6.61 Å². The Morgan fingerprint density at radius 1 is 0.920 bits per heavy atom. The second-order valence-corrected chi connectivity index (χ2v) is 8.24. The van der Waals surface area contributed by atoms with Gasteiger partial charge in [-0.2, -0.15) is 0 Å². The number of allylic oxidation sites excluding steroid dienone is 1. The first kappa shape index (κ1) is 23.9. The molecule has 0 spiro atoms. The van der Waals surface area contributed by atoms with Gasteiger partial charge in [-0.3, -0.25) is 0 Å². The average molecular weight is 351 g/mol. The van der Waals surface area contributed by atoms with Crippen molar-refractivity contribution < 1.29 is 9.53 Å². The van der Waals surface area contributed by atoms with Crippen LogP contribution in [0.2, 0.25) is 0 Å². The van der Waals surface area contributed by atoms with Gasteiger partial charge in [0.2, 0.25) is 0 Å². The van der Waals surface area contributed by atoms with Gasteiger partial charge in [0.05, 0.1) is 0 Å². The number of hydrogen-bond donors (Lipinski definition) is 0. The van der Waals surface area contributed by atoms with Crippen LogP contribution in [0.5, 0.6) is 0 Å². The SMILES string of the molecule is C=CC(=O)OC/C=C(\C)CCCC(C)CCCC(C)CCCC(C)C. The Bertz CT molecular complexity index is 382. The quantitative estimate of drug-likeness (QED) is 0.179. The van der Waals surface area contributed by atoms with Crippen LogP contribution in [0.15, 0.2) is 24.3 Å². The molecule has 2 nitrogen and oxygen atoms in total. The van der Waals surface area contributed by atoms with Crippen molar-refractivity contribution in [3.05, 3.63) is 24.3 Å². The number of esters is 1. The van der Waals surface area contributed by atoms with Gasteiger partial charge in [-0.1, -0.05) is 84.8 Å². The fourth-order valence-corrected chi connectivity index (χ4v) is 3.13. The largest absolute Gasteiger partial charge is 0.458 e. The van der Waals surface area contributed by atoms with Crippen LogP contribution >= 0.6 is 0 Å². The van der Waals surface area contributed by atoms with Crippen LogP contribution in [0.4, 0.5) is 0 Å². The van der Waals surface area contributed by atoms with Crippen molar-refractivity contribution in [1.29, 1.82) is 0 Å². The van der Waals surface area contributed by atoms with Crippen LogP contribution in [0.25, 0.3) is 0 Å². The maximum Gasteiger partial charge on any atom is 0.330 e. The summed E-state index contributed by atoms with van der Waals surface area (Å²) in [5, 5.41) is 0. The maximum absolute atomic E-state index is 11.0. The van der Waals surface area contributed by atoms with Gasteiger partial charge >= 0.3 is 5.97 Å². The topological polar surface area (TPSA) is 26.3 Å². The third kappa shape index (κ3) is 16.2. The van der Waals surface area contributed by atoms with Crippen molar-refractivity contribution in [2.75, 3.05) is 6.61 Å². The van der Waals surface area contributed by atoms with Crippen molar-refractivity contribution >= 4 is 5.97 Å². The number of carbonyl (C=O) groups excluding carboxylic acids is 1. The Balaban J connectivity index is 3.66. The van der Waals surface area contributed by atoms with Crippen molar-refractivity contribution in [3.8, 4) is 0 Å². The molecule has 146 valence electrons. The minimum absolute atomic E-state index is 0.351. The molecule has 0 bridgehead atoms. The second kappa shape index (κ2) is 15.2. The predicted molar refractivity (Wildman–Crippen MR) is 110 cm³/mol. The molecule has 0 aromatic rings. The van der Waals surface area contributed by atoms with Crippen molar-refractivity contribution in [3.63, 3.8) is 0 Å². The van der Waals surface area contributed by atoms with Gasteiger partial charge in [-0.25, -0.2) is 4.79 Å². The minimum Gasteiger partial charge on any atom is -0.458 e. The highest BCUT2D eigenvalue weighted by atomic mass is 16.5. The zero-order valence-corrected chi connectivity index (χ0v) is 17.5. The van der Waals surface area contributed by atoms with Crippen molar-refractivity contribution in [2.45, 2.75) is 92.4 Å². The molecule has 0 fully saturated rings. The molecule has 0 N–H and O–H groups in total. The molecule has 0 aromatic carbocycles. The lowest BCUT2D eigenvalue weighted by molar-refractivity contribution is -0.136. The normalized spacial score (nSPS) is 14.4. The highest BCUT2D eigenvalue weighted by molar-refractivity contribution is 5.81. The smallest absolute Gasteiger partial charge is 0.330 e. The van der Waals surface area contributed by atoms with E-state index in [0.717, 1.165) is 24.2 Å². The number of hydrogen-bond acceptors (Lipinski definition) is 2. The first-order valence-electron chi connectivity index (χ1n) is 10.3. The minimum atomic E-state index is -0.351. The monoisotopic (exact) mass is 350 g/mol. The van der Waals surface area contributed by atoms with Crippen LogP contribution in [-0.4, -0.2) is 12.6 Å². The van der Waals surface area contributed by atoms with Crippen LogP contribution < -0.4 is 0 Å². The van der Waals surface area contributed by atoms with E-state index in [1.54, 1.807) is 0 Å². The average Bonchev–Trinajstić information content (AvgIpc) is 2.54. The first-order valence-corrected chi connectivity index (χ1v) is 10.3. The molecule has 0 aromatic heterocycles. The van der Waals surface area contributed by atoms with Gasteiger partial charge in [0.15, 0.2) is 0 Å². The van der Waals surface area contributed by atoms with Crippen molar-refractivity contribution in [1.82, 2.24) is 0 Å². The second-order valence-electron chi connectivity index (χ2n) is 8.24. The van der Waals surface area contributed by atoms with Crippen LogP contribution in [-0.2, 0) is 9.53 Å². The summed E-state index contributed by atoms with van der Waals surface area (Å²) in [6.45, 7) is 15.3. The molecule has 0 saturated carbocycles. The molecule has 2 unspecified atom stereocenters. The Morgan fingerprint density at radius 2 is 1.44 bits per heavy atom. The Morgan fingerprint density at radius 3 is 1.96 bits per heavy atom. The molecule has 0 rings (SSSR count). The number of ether oxygens (including phenoxy) is 1. The van der Waals surface area contributed by atoms with Crippen LogP contribution in [0, 0.1) is 17.8 Å². The number of carbonyl (C=O) groups is 1. The molecule has 0 amide bonds. The zero-order valence-electron chi connectivity index (χ0n) is 17.5. The van der Waals surface area contributed by atoms with E-state index in [-0.39, 0.29) is 5.97 Å². The molecule has 0 aliphatic carbocycles. The van der Waals surface area contributed by atoms with E-state index in [1.165, 1.54) is 63.0 Å². The summed E-state index contributed by atoms with van der Waals surface area (Å²) in [5.41, 5.74) is 1.31. The van der Waals surface area contributed by atoms with Crippen LogP contribution in [0.3, 0.4) is 0 Å². The fourth-order valence-electron chi connectivity index (χ4n) is 3.13. The van der Waals surface area contributed by atoms with Gasteiger partial charge in [-0.05, 0) is 43.6 Å². The molecule has 0 aliphatic heterocycles. The lowest BCUT2D eigenvalue weighted by atomic mass is 9.91. The molecular weight excluding hydrogens is 308 g/mol. The third-order valence-electron chi connectivity index (χ3n) is 4.96. The van der Waals surface area contributed by atoms with Gasteiger partial charge in [0, 0.05) is 6.08 Å². The van der Waals surface area contributed by atoms with E-state index in [0.29, 0.717) is 6.61 Å². The lowest BCUT2D eigenvalue weighted by Crippen LogP contribution is -2.01. The van der Waals surface area contributed by atoms with Gasteiger partial charge in [0.25, 0.3) is 0 Å². The molecule has 2 atom stereocenters. The third-order valence-corrected chi connectivity index (χ3v) is 4.96. The summed E-state index contributed by atoms with van der Waals surface area (Å²) in [5.74, 6) is 2.19. The summed E-state index contributed by atoms with van der Waals surface area (Å²) >= 11 is 0. The van der Waals surface area contributed by atoms with E-state index >= 15 is 0 Å². The van der Waals surface area contributed by atoms with Crippen molar-refractivity contribution in [2.24, 2.45) is 17.8 Å². The molecular formula is C23H42O2.